The van der Waals surface area contributed by atoms with Gasteiger partial charge in [-0.15, -0.1) is 11.3 Å². The minimum Gasteiger partial charge on any atom is -0.310 e. The van der Waals surface area contributed by atoms with Crippen LogP contribution in [-0.2, 0) is 17.6 Å². The average Bonchev–Trinajstić information content (AvgIpc) is 3.28. The van der Waals surface area contributed by atoms with Crippen LogP contribution in [0, 0.1) is 6.92 Å². The summed E-state index contributed by atoms with van der Waals surface area (Å²) in [4.78, 5) is 22.0. The van der Waals surface area contributed by atoms with Crippen LogP contribution >= 0.6 is 11.3 Å². The third-order valence-corrected chi connectivity index (χ3v) is 5.44. The van der Waals surface area contributed by atoms with Crippen molar-refractivity contribution in [3.05, 3.63) is 70.3 Å². The average molecular weight is 376 g/mol. The molecular formula is C21H20N4OS. The molecule has 0 atom stereocenters. The molecule has 4 aromatic rings. The number of hydrogen-bond donors (Lipinski definition) is 1. The number of aryl methyl sites for hydroxylation is 2. The van der Waals surface area contributed by atoms with Gasteiger partial charge in [0, 0.05) is 17.1 Å². The van der Waals surface area contributed by atoms with Gasteiger partial charge in [-0.2, -0.15) is 0 Å². The summed E-state index contributed by atoms with van der Waals surface area (Å²) in [5, 5.41) is 6.06. The normalized spacial score (nSPS) is 11.0. The van der Waals surface area contributed by atoms with Gasteiger partial charge in [-0.3, -0.25) is 9.20 Å². The predicted octanol–water partition coefficient (Wildman–Crippen LogP) is 4.51. The third kappa shape index (κ3) is 3.48. The molecule has 1 amide bonds. The lowest BCUT2D eigenvalue weighted by molar-refractivity contribution is -0.115. The molecule has 0 spiro atoms. The summed E-state index contributed by atoms with van der Waals surface area (Å²) in [5.41, 5.74) is 4.44. The first-order valence-corrected chi connectivity index (χ1v) is 9.80. The van der Waals surface area contributed by atoms with E-state index < -0.39 is 0 Å². The molecule has 4 rings (SSSR count). The fourth-order valence-corrected chi connectivity index (χ4v) is 3.80. The molecule has 3 aromatic heterocycles. The SMILES string of the molecule is CCc1nc(CC(=O)Nc2c(-c3ccccc3)nc3c(C)cccn23)cs1. The topological polar surface area (TPSA) is 59.3 Å². The molecule has 1 aromatic carbocycles. The number of carbonyl (C=O) groups is 1. The Morgan fingerprint density at radius 3 is 2.70 bits per heavy atom. The lowest BCUT2D eigenvalue weighted by atomic mass is 10.1. The molecule has 0 aliphatic carbocycles. The van der Waals surface area contributed by atoms with Crippen LogP contribution < -0.4 is 5.32 Å². The number of fused-ring (bicyclic) bond motifs is 1. The Bertz CT molecular complexity index is 1100. The van der Waals surface area contributed by atoms with E-state index >= 15 is 0 Å². The van der Waals surface area contributed by atoms with E-state index in [1.54, 1.807) is 11.3 Å². The van der Waals surface area contributed by atoms with Crippen molar-refractivity contribution in [3.63, 3.8) is 0 Å². The quantitative estimate of drug-likeness (QED) is 0.557. The molecule has 0 aliphatic heterocycles. The number of carbonyl (C=O) groups excluding carboxylic acids is 1. The number of hydrogen-bond acceptors (Lipinski definition) is 4. The van der Waals surface area contributed by atoms with Crippen molar-refractivity contribution >= 4 is 28.7 Å². The van der Waals surface area contributed by atoms with Crippen LogP contribution in [-0.4, -0.2) is 20.3 Å². The van der Waals surface area contributed by atoms with Gasteiger partial charge in [0.25, 0.3) is 0 Å². The molecule has 6 heteroatoms. The molecule has 27 heavy (non-hydrogen) atoms. The highest BCUT2D eigenvalue weighted by Crippen LogP contribution is 2.29. The van der Waals surface area contributed by atoms with Crippen LogP contribution in [0.2, 0.25) is 0 Å². The lowest BCUT2D eigenvalue weighted by Gasteiger charge is -2.07. The maximum absolute atomic E-state index is 12.7. The van der Waals surface area contributed by atoms with E-state index in [4.69, 9.17) is 4.98 Å². The van der Waals surface area contributed by atoms with Gasteiger partial charge in [0.05, 0.1) is 17.1 Å². The smallest absolute Gasteiger partial charge is 0.231 e. The molecule has 0 aliphatic rings. The van der Waals surface area contributed by atoms with Crippen molar-refractivity contribution < 1.29 is 4.79 Å². The largest absolute Gasteiger partial charge is 0.310 e. The minimum absolute atomic E-state index is 0.0940. The van der Waals surface area contributed by atoms with Gasteiger partial charge >= 0.3 is 0 Å². The molecule has 3 heterocycles. The molecule has 0 saturated heterocycles. The van der Waals surface area contributed by atoms with Crippen LogP contribution in [0.4, 0.5) is 5.82 Å². The Kier molecular flexibility index (Phi) is 4.73. The highest BCUT2D eigenvalue weighted by Gasteiger charge is 2.18. The molecule has 1 N–H and O–H groups in total. The molecule has 136 valence electrons. The van der Waals surface area contributed by atoms with Gasteiger partial charge in [-0.1, -0.05) is 43.3 Å². The van der Waals surface area contributed by atoms with Gasteiger partial charge in [-0.05, 0) is 25.0 Å². The Morgan fingerprint density at radius 2 is 1.96 bits per heavy atom. The van der Waals surface area contributed by atoms with Gasteiger partial charge in [-0.25, -0.2) is 9.97 Å². The van der Waals surface area contributed by atoms with Crippen molar-refractivity contribution in [2.24, 2.45) is 0 Å². The molecule has 0 saturated carbocycles. The van der Waals surface area contributed by atoms with Crippen molar-refractivity contribution in [2.75, 3.05) is 5.32 Å². The fourth-order valence-electron chi connectivity index (χ4n) is 3.05. The number of nitrogens with zero attached hydrogens (tertiary/aromatic N) is 3. The van der Waals surface area contributed by atoms with E-state index in [0.717, 1.165) is 39.6 Å². The van der Waals surface area contributed by atoms with E-state index in [9.17, 15) is 4.79 Å². The summed E-state index contributed by atoms with van der Waals surface area (Å²) in [5.74, 6) is 0.597. The summed E-state index contributed by atoms with van der Waals surface area (Å²) in [6, 6.07) is 13.9. The van der Waals surface area contributed by atoms with Gasteiger partial charge in [0.1, 0.15) is 17.2 Å². The number of benzene rings is 1. The number of amides is 1. The molecular weight excluding hydrogens is 356 g/mol. The van der Waals surface area contributed by atoms with E-state index in [1.807, 2.05) is 65.4 Å². The first kappa shape index (κ1) is 17.4. The van der Waals surface area contributed by atoms with Gasteiger partial charge in [0.15, 0.2) is 0 Å². The number of rotatable bonds is 5. The van der Waals surface area contributed by atoms with E-state index in [-0.39, 0.29) is 12.3 Å². The molecule has 0 bridgehead atoms. The number of aromatic nitrogens is 3. The zero-order chi connectivity index (χ0) is 18.8. The van der Waals surface area contributed by atoms with Crippen molar-refractivity contribution in [1.82, 2.24) is 14.4 Å². The fraction of sp³-hybridized carbons (Fsp3) is 0.190. The number of nitrogens with one attached hydrogen (secondary N) is 1. The number of anilines is 1. The molecule has 0 radical (unpaired) electrons. The van der Waals surface area contributed by atoms with Crippen LogP contribution in [0.5, 0.6) is 0 Å². The van der Waals surface area contributed by atoms with Crippen LogP contribution in [0.1, 0.15) is 23.2 Å². The number of imidazole rings is 1. The van der Waals surface area contributed by atoms with E-state index in [2.05, 4.69) is 17.2 Å². The van der Waals surface area contributed by atoms with Gasteiger partial charge in [0.2, 0.25) is 5.91 Å². The van der Waals surface area contributed by atoms with Crippen LogP contribution in [0.15, 0.2) is 54.0 Å². The number of thiazole rings is 1. The highest BCUT2D eigenvalue weighted by molar-refractivity contribution is 7.09. The summed E-state index contributed by atoms with van der Waals surface area (Å²) in [6.07, 6.45) is 3.07. The maximum Gasteiger partial charge on any atom is 0.231 e. The summed E-state index contributed by atoms with van der Waals surface area (Å²) in [6.45, 7) is 4.08. The first-order valence-electron chi connectivity index (χ1n) is 8.92. The van der Waals surface area contributed by atoms with Crippen LogP contribution in [0.3, 0.4) is 0 Å². The molecule has 0 unspecified atom stereocenters. The standard InChI is InChI=1S/C21H20N4OS/c1-3-18-22-16(13-27-18)12-17(26)23-21-19(15-9-5-4-6-10-15)24-20-14(2)8-7-11-25(20)21/h4-11,13H,3,12H2,1-2H3,(H,23,26). The zero-order valence-corrected chi connectivity index (χ0v) is 16.1. The second-order valence-corrected chi connectivity index (χ2v) is 7.31. The predicted molar refractivity (Wildman–Crippen MR) is 109 cm³/mol. The summed E-state index contributed by atoms with van der Waals surface area (Å²) >= 11 is 1.60. The Hall–Kier alpha value is -2.99. The van der Waals surface area contributed by atoms with E-state index in [1.165, 1.54) is 0 Å². The Labute approximate surface area is 161 Å². The molecule has 5 nitrogen and oxygen atoms in total. The van der Waals surface area contributed by atoms with Crippen LogP contribution in [0.25, 0.3) is 16.9 Å². The zero-order valence-electron chi connectivity index (χ0n) is 15.3. The highest BCUT2D eigenvalue weighted by atomic mass is 32.1. The lowest BCUT2D eigenvalue weighted by Crippen LogP contribution is -2.16. The van der Waals surface area contributed by atoms with E-state index in [0.29, 0.717) is 5.82 Å². The molecule has 0 fully saturated rings. The minimum atomic E-state index is -0.0940. The maximum atomic E-state index is 12.7. The van der Waals surface area contributed by atoms with Crippen molar-refractivity contribution in [1.29, 1.82) is 0 Å². The first-order chi connectivity index (χ1) is 13.2. The van der Waals surface area contributed by atoms with Crippen molar-refractivity contribution in [3.8, 4) is 11.3 Å². The monoisotopic (exact) mass is 376 g/mol. The number of pyridine rings is 1. The Balaban J connectivity index is 1.71. The Morgan fingerprint density at radius 1 is 1.15 bits per heavy atom. The van der Waals surface area contributed by atoms with Gasteiger partial charge < -0.3 is 5.32 Å². The summed E-state index contributed by atoms with van der Waals surface area (Å²) in [7, 11) is 0. The second kappa shape index (κ2) is 7.32. The third-order valence-electron chi connectivity index (χ3n) is 4.39. The van der Waals surface area contributed by atoms with Crippen molar-refractivity contribution in [2.45, 2.75) is 26.7 Å². The summed E-state index contributed by atoms with van der Waals surface area (Å²) < 4.78 is 1.94. The second-order valence-electron chi connectivity index (χ2n) is 6.37.